The van der Waals surface area contributed by atoms with Crippen molar-refractivity contribution in [2.24, 2.45) is 0 Å². The van der Waals surface area contributed by atoms with E-state index in [0.717, 1.165) is 6.07 Å². The van der Waals surface area contributed by atoms with Gasteiger partial charge in [-0.15, -0.1) is 0 Å². The number of nitrogens with two attached hydrogens (primary N) is 1. The molecule has 0 heterocycles. The number of anilines is 1. The summed E-state index contributed by atoms with van der Waals surface area (Å²) in [7, 11) is 1.40. The Kier molecular flexibility index (Phi) is 2.19. The van der Waals surface area contributed by atoms with Gasteiger partial charge in [0.1, 0.15) is 11.4 Å². The van der Waals surface area contributed by atoms with Crippen molar-refractivity contribution < 1.29 is 9.13 Å². The van der Waals surface area contributed by atoms with E-state index in [1.54, 1.807) is 0 Å². The average Bonchev–Trinajstić information content (AvgIpc) is 1.96. The maximum Gasteiger partial charge on any atom is 0.151 e. The monoisotopic (exact) mass is 175 g/mol. The van der Waals surface area contributed by atoms with Crippen molar-refractivity contribution in [3.63, 3.8) is 0 Å². The molecule has 0 radical (unpaired) electrons. The quantitative estimate of drug-likeness (QED) is 0.664. The van der Waals surface area contributed by atoms with Crippen molar-refractivity contribution in [1.29, 1.82) is 0 Å². The number of ether oxygens (including phenoxy) is 1. The fraction of sp³-hybridized carbons (Fsp3) is 0.143. The lowest BCUT2D eigenvalue weighted by atomic mass is 10.3. The molecule has 0 amide bonds. The van der Waals surface area contributed by atoms with Gasteiger partial charge in [0.15, 0.2) is 5.82 Å². The Morgan fingerprint density at radius 3 is 2.73 bits per heavy atom. The molecule has 0 saturated carbocycles. The van der Waals surface area contributed by atoms with Crippen LogP contribution in [0.1, 0.15) is 0 Å². The molecule has 0 aliphatic heterocycles. The van der Waals surface area contributed by atoms with E-state index in [0.29, 0.717) is 0 Å². The molecular weight excluding hydrogens is 169 g/mol. The van der Waals surface area contributed by atoms with Crippen LogP contribution in [0.4, 0.5) is 10.1 Å². The molecule has 60 valence electrons. The van der Waals surface area contributed by atoms with E-state index < -0.39 is 5.82 Å². The summed E-state index contributed by atoms with van der Waals surface area (Å²) in [5, 5.41) is 0.272. The summed E-state index contributed by atoms with van der Waals surface area (Å²) in [6, 6.07) is 2.60. The van der Waals surface area contributed by atoms with E-state index >= 15 is 0 Å². The number of nitrogen functional groups attached to an aromatic ring is 1. The molecule has 0 aliphatic rings. The molecule has 4 heteroatoms. The molecule has 0 unspecified atom stereocenters. The van der Waals surface area contributed by atoms with E-state index in [2.05, 4.69) is 0 Å². The van der Waals surface area contributed by atoms with Crippen LogP contribution in [0.15, 0.2) is 12.1 Å². The lowest BCUT2D eigenvalue weighted by molar-refractivity contribution is 0.414. The number of benzene rings is 1. The summed E-state index contributed by atoms with van der Waals surface area (Å²) in [5.74, 6) is -0.302. The average molecular weight is 176 g/mol. The standard InChI is InChI=1S/C7H7ClFNO/c1-11-6-3-4(8)2-5(9)7(6)10/h2-3H,10H2,1H3. The molecule has 0 spiro atoms. The first-order valence-electron chi connectivity index (χ1n) is 2.93. The first-order chi connectivity index (χ1) is 5.15. The lowest BCUT2D eigenvalue weighted by Gasteiger charge is -2.04. The van der Waals surface area contributed by atoms with Gasteiger partial charge in [-0.25, -0.2) is 4.39 Å². The van der Waals surface area contributed by atoms with Gasteiger partial charge in [0.2, 0.25) is 0 Å². The molecule has 1 aromatic carbocycles. The van der Waals surface area contributed by atoms with Crippen LogP contribution in [0, 0.1) is 5.82 Å². The summed E-state index contributed by atoms with van der Waals surface area (Å²) >= 11 is 5.53. The molecule has 2 nitrogen and oxygen atoms in total. The molecule has 0 aromatic heterocycles. The Morgan fingerprint density at radius 2 is 2.18 bits per heavy atom. The van der Waals surface area contributed by atoms with Gasteiger partial charge < -0.3 is 10.5 Å². The van der Waals surface area contributed by atoms with Gasteiger partial charge in [-0.3, -0.25) is 0 Å². The number of halogens is 2. The zero-order valence-corrected chi connectivity index (χ0v) is 6.65. The van der Waals surface area contributed by atoms with E-state index in [4.69, 9.17) is 22.1 Å². The maximum absolute atomic E-state index is 12.7. The summed E-state index contributed by atoms with van der Waals surface area (Å²) in [5.41, 5.74) is 5.29. The van der Waals surface area contributed by atoms with Crippen LogP contribution in [0.3, 0.4) is 0 Å². The van der Waals surface area contributed by atoms with E-state index in [1.807, 2.05) is 0 Å². The minimum absolute atomic E-state index is 0.0168. The normalized spacial score (nSPS) is 9.73. The Labute approximate surface area is 68.7 Å². The SMILES string of the molecule is COc1cc(Cl)cc(F)c1N. The second-order valence-electron chi connectivity index (χ2n) is 2.00. The molecule has 1 aromatic rings. The maximum atomic E-state index is 12.7. The van der Waals surface area contributed by atoms with E-state index in [1.165, 1.54) is 13.2 Å². The van der Waals surface area contributed by atoms with Crippen molar-refractivity contribution in [1.82, 2.24) is 0 Å². The van der Waals surface area contributed by atoms with Gasteiger partial charge >= 0.3 is 0 Å². The van der Waals surface area contributed by atoms with Gasteiger partial charge in [-0.2, -0.15) is 0 Å². The van der Waals surface area contributed by atoms with Crippen LogP contribution in [0.25, 0.3) is 0 Å². The van der Waals surface area contributed by atoms with Crippen molar-refractivity contribution in [2.75, 3.05) is 12.8 Å². The number of hydrogen-bond acceptors (Lipinski definition) is 2. The highest BCUT2D eigenvalue weighted by molar-refractivity contribution is 6.30. The third-order valence-corrected chi connectivity index (χ3v) is 1.49. The first kappa shape index (κ1) is 8.14. The number of rotatable bonds is 1. The molecule has 0 atom stereocenters. The highest BCUT2D eigenvalue weighted by Crippen LogP contribution is 2.27. The summed E-state index contributed by atoms with van der Waals surface area (Å²) in [6.07, 6.45) is 0. The van der Waals surface area contributed by atoms with Crippen molar-refractivity contribution in [2.45, 2.75) is 0 Å². The summed E-state index contributed by atoms with van der Waals surface area (Å²) in [4.78, 5) is 0. The number of methoxy groups -OCH3 is 1. The smallest absolute Gasteiger partial charge is 0.151 e. The topological polar surface area (TPSA) is 35.2 Å². The molecule has 1 rings (SSSR count). The van der Waals surface area contributed by atoms with E-state index in [9.17, 15) is 4.39 Å². The summed E-state index contributed by atoms with van der Waals surface area (Å²) < 4.78 is 17.5. The molecule has 0 saturated heterocycles. The minimum Gasteiger partial charge on any atom is -0.494 e. The Morgan fingerprint density at radius 1 is 1.55 bits per heavy atom. The first-order valence-corrected chi connectivity index (χ1v) is 3.31. The largest absolute Gasteiger partial charge is 0.494 e. The fourth-order valence-corrected chi connectivity index (χ4v) is 0.925. The third-order valence-electron chi connectivity index (χ3n) is 1.28. The van der Waals surface area contributed by atoms with Crippen LogP contribution in [-0.4, -0.2) is 7.11 Å². The van der Waals surface area contributed by atoms with Crippen LogP contribution >= 0.6 is 11.6 Å². The molecule has 0 bridgehead atoms. The molecule has 0 aliphatic carbocycles. The predicted molar refractivity (Wildman–Crippen MR) is 42.4 cm³/mol. The van der Waals surface area contributed by atoms with Crippen LogP contribution in [-0.2, 0) is 0 Å². The third kappa shape index (κ3) is 1.54. The van der Waals surface area contributed by atoms with Crippen molar-refractivity contribution >= 4 is 17.3 Å². The van der Waals surface area contributed by atoms with Crippen molar-refractivity contribution in [3.05, 3.63) is 23.0 Å². The number of hydrogen-bond donors (Lipinski definition) is 1. The Balaban J connectivity index is 3.24. The second-order valence-corrected chi connectivity index (χ2v) is 2.44. The lowest BCUT2D eigenvalue weighted by Crippen LogP contribution is -1.95. The molecule has 11 heavy (non-hydrogen) atoms. The van der Waals surface area contributed by atoms with Gasteiger partial charge in [-0.1, -0.05) is 11.6 Å². The van der Waals surface area contributed by atoms with Crippen LogP contribution in [0.5, 0.6) is 5.75 Å². The molecular formula is C7H7ClFNO. The van der Waals surface area contributed by atoms with Crippen LogP contribution in [0.2, 0.25) is 5.02 Å². The van der Waals surface area contributed by atoms with Crippen molar-refractivity contribution in [3.8, 4) is 5.75 Å². The Bertz CT molecular complexity index is 277. The highest BCUT2D eigenvalue weighted by Gasteiger charge is 2.06. The summed E-state index contributed by atoms with van der Waals surface area (Å²) in [6.45, 7) is 0. The highest BCUT2D eigenvalue weighted by atomic mass is 35.5. The van der Waals surface area contributed by atoms with Gasteiger partial charge in [0.05, 0.1) is 7.11 Å². The second kappa shape index (κ2) is 2.96. The molecule has 0 fully saturated rings. The van der Waals surface area contributed by atoms with E-state index in [-0.39, 0.29) is 16.5 Å². The fourth-order valence-electron chi connectivity index (χ4n) is 0.730. The van der Waals surface area contributed by atoms with Gasteiger partial charge in [0.25, 0.3) is 0 Å². The van der Waals surface area contributed by atoms with Gasteiger partial charge in [-0.05, 0) is 6.07 Å². The minimum atomic E-state index is -0.561. The van der Waals surface area contributed by atoms with Crippen LogP contribution < -0.4 is 10.5 Å². The van der Waals surface area contributed by atoms with Gasteiger partial charge in [0, 0.05) is 11.1 Å². The molecule has 2 N–H and O–H groups in total. The Hall–Kier alpha value is -0.960. The zero-order chi connectivity index (χ0) is 8.43. The predicted octanol–water partition coefficient (Wildman–Crippen LogP) is 2.07. The zero-order valence-electron chi connectivity index (χ0n) is 5.90.